The third-order valence-electron chi connectivity index (χ3n) is 8.71. The van der Waals surface area contributed by atoms with Crippen molar-refractivity contribution in [1.82, 2.24) is 23.8 Å². The van der Waals surface area contributed by atoms with Crippen LogP contribution in [0, 0.1) is 10.1 Å². The summed E-state index contributed by atoms with van der Waals surface area (Å²) in [7, 11) is -3.84. The largest absolute Gasteiger partial charge is 0.365 e. The number of nitrogens with zero attached hydrogens (tertiary/aromatic N) is 6. The first-order valence-electron chi connectivity index (χ1n) is 14.6. The number of hydrogen-bond donors (Lipinski definition) is 3. The first-order valence-corrected chi connectivity index (χ1v) is 16.0. The van der Waals surface area contributed by atoms with Crippen LogP contribution in [0.1, 0.15) is 70.3 Å². The van der Waals surface area contributed by atoms with Gasteiger partial charge in [0.25, 0.3) is 5.69 Å². The van der Waals surface area contributed by atoms with Crippen LogP contribution in [0.15, 0.2) is 35.5 Å². The van der Waals surface area contributed by atoms with Crippen LogP contribution in [0.3, 0.4) is 0 Å². The summed E-state index contributed by atoms with van der Waals surface area (Å²) in [6.07, 6.45) is 11.5. The van der Waals surface area contributed by atoms with E-state index in [-0.39, 0.29) is 53.5 Å². The number of nitrogens with one attached hydrogen (secondary N) is 2. The second kappa shape index (κ2) is 13.9. The van der Waals surface area contributed by atoms with Gasteiger partial charge in [0, 0.05) is 49.4 Å². The fourth-order valence-electron chi connectivity index (χ4n) is 6.32. The molecule has 0 amide bonds. The van der Waals surface area contributed by atoms with Crippen LogP contribution in [-0.2, 0) is 10.0 Å². The molecule has 0 atom stereocenters. The fraction of sp³-hybridized carbons (Fsp3) is 0.593. The van der Waals surface area contributed by atoms with Gasteiger partial charge in [0.1, 0.15) is 0 Å². The highest BCUT2D eigenvalue weighted by molar-refractivity contribution is 7.89. The quantitative estimate of drug-likeness (QED) is 0.229. The van der Waals surface area contributed by atoms with Gasteiger partial charge in [-0.3, -0.25) is 10.1 Å². The highest BCUT2D eigenvalue weighted by Crippen LogP contribution is 2.34. The average molecular weight is 657 g/mol. The van der Waals surface area contributed by atoms with E-state index in [0.29, 0.717) is 43.7 Å². The lowest BCUT2D eigenvalue weighted by Gasteiger charge is -2.32. The Hall–Kier alpha value is -2.78. The Morgan fingerprint density at radius 1 is 0.930 bits per heavy atom. The fourth-order valence-corrected chi connectivity index (χ4v) is 7.83. The number of piperidine rings is 1. The molecule has 2 aliphatic carbocycles. The lowest BCUT2D eigenvalue weighted by Crippen LogP contribution is -2.42. The van der Waals surface area contributed by atoms with Gasteiger partial charge in [-0.2, -0.15) is 14.3 Å². The Morgan fingerprint density at radius 3 is 2.28 bits per heavy atom. The highest BCUT2D eigenvalue weighted by Gasteiger charge is 2.31. The summed E-state index contributed by atoms with van der Waals surface area (Å²) in [5.74, 6) is 1.23. The van der Waals surface area contributed by atoms with Crippen LogP contribution in [0.5, 0.6) is 0 Å². The van der Waals surface area contributed by atoms with Crippen LogP contribution in [0.4, 0.5) is 17.5 Å². The van der Waals surface area contributed by atoms with Crippen LogP contribution in [0.25, 0.3) is 11.2 Å². The SMILES string of the molecule is Cl.Cl.NC1CCC(Nc2nc(NC3CCN(S(=O)(=O)c4cccc([N+](=O)[O-])c4)CC3)c3ncn(C4CCCC4)c3n2)CC1. The van der Waals surface area contributed by atoms with E-state index in [4.69, 9.17) is 20.7 Å². The number of nitrogens with two attached hydrogens (primary N) is 1. The highest BCUT2D eigenvalue weighted by atomic mass is 35.5. The van der Waals surface area contributed by atoms with Crippen LogP contribution >= 0.6 is 24.8 Å². The molecular formula is C27H39Cl2N9O4S. The molecule has 0 bridgehead atoms. The topological polar surface area (TPSA) is 174 Å². The molecule has 1 saturated heterocycles. The Balaban J connectivity index is 0.00000212. The molecule has 3 heterocycles. The van der Waals surface area contributed by atoms with Crippen molar-refractivity contribution in [3.63, 3.8) is 0 Å². The van der Waals surface area contributed by atoms with Crippen molar-refractivity contribution < 1.29 is 13.3 Å². The zero-order valence-electron chi connectivity index (χ0n) is 23.8. The normalized spacial score (nSPS) is 22.1. The summed E-state index contributed by atoms with van der Waals surface area (Å²) < 4.78 is 30.0. The second-order valence-corrected chi connectivity index (χ2v) is 13.4. The molecule has 4 N–H and O–H groups in total. The molecule has 0 spiro atoms. The third kappa shape index (κ3) is 7.14. The molecule has 0 unspecified atom stereocenters. The van der Waals surface area contributed by atoms with E-state index in [9.17, 15) is 18.5 Å². The maximum absolute atomic E-state index is 13.2. The van der Waals surface area contributed by atoms with E-state index in [1.807, 2.05) is 6.33 Å². The molecule has 3 aliphatic rings. The molecule has 1 aliphatic heterocycles. The molecule has 0 radical (unpaired) electrons. The average Bonchev–Trinajstić information content (AvgIpc) is 3.65. The van der Waals surface area contributed by atoms with Crippen LogP contribution in [-0.4, -0.2) is 68.4 Å². The second-order valence-electron chi connectivity index (χ2n) is 11.5. The summed E-state index contributed by atoms with van der Waals surface area (Å²) in [5.41, 5.74) is 7.40. The van der Waals surface area contributed by atoms with Gasteiger partial charge >= 0.3 is 0 Å². The van der Waals surface area contributed by atoms with E-state index in [1.165, 1.54) is 35.3 Å². The minimum absolute atomic E-state index is 0. The number of imidazole rings is 1. The lowest BCUT2D eigenvalue weighted by molar-refractivity contribution is -0.385. The predicted octanol–water partition coefficient (Wildman–Crippen LogP) is 4.64. The third-order valence-corrected chi connectivity index (χ3v) is 10.6. The number of anilines is 2. The number of fused-ring (bicyclic) bond motifs is 1. The Kier molecular flexibility index (Phi) is 10.7. The smallest absolute Gasteiger partial charge is 0.270 e. The zero-order valence-corrected chi connectivity index (χ0v) is 26.2. The first kappa shape index (κ1) is 33.1. The molecule has 16 heteroatoms. The zero-order chi connectivity index (χ0) is 28.6. The van der Waals surface area contributed by atoms with Crippen LogP contribution in [0.2, 0.25) is 0 Å². The molecule has 2 saturated carbocycles. The number of halogens is 2. The number of rotatable bonds is 8. The summed E-state index contributed by atoms with van der Waals surface area (Å²) in [6.45, 7) is 0.585. The maximum atomic E-state index is 13.2. The number of benzene rings is 1. The van der Waals surface area contributed by atoms with E-state index < -0.39 is 14.9 Å². The van der Waals surface area contributed by atoms with Gasteiger partial charge < -0.3 is 20.9 Å². The molecule has 3 fully saturated rings. The van der Waals surface area contributed by atoms with E-state index in [1.54, 1.807) is 0 Å². The lowest BCUT2D eigenvalue weighted by atomic mass is 9.92. The molecule has 1 aromatic carbocycles. The van der Waals surface area contributed by atoms with Crippen molar-refractivity contribution in [3.05, 3.63) is 40.7 Å². The van der Waals surface area contributed by atoms with Crippen molar-refractivity contribution in [1.29, 1.82) is 0 Å². The van der Waals surface area contributed by atoms with Crippen molar-refractivity contribution in [2.24, 2.45) is 5.73 Å². The van der Waals surface area contributed by atoms with Gasteiger partial charge in [0.15, 0.2) is 17.0 Å². The molecule has 43 heavy (non-hydrogen) atoms. The molecule has 3 aromatic rings. The Morgan fingerprint density at radius 2 is 1.60 bits per heavy atom. The van der Waals surface area contributed by atoms with Gasteiger partial charge in [-0.15, -0.1) is 24.8 Å². The number of aromatic nitrogens is 4. The first-order chi connectivity index (χ1) is 19.8. The summed E-state index contributed by atoms with van der Waals surface area (Å²) >= 11 is 0. The summed E-state index contributed by atoms with van der Waals surface area (Å²) in [6, 6.07) is 6.10. The van der Waals surface area contributed by atoms with Gasteiger partial charge in [-0.05, 0) is 57.4 Å². The minimum atomic E-state index is -3.84. The number of hydrogen-bond acceptors (Lipinski definition) is 10. The van der Waals surface area contributed by atoms with Crippen molar-refractivity contribution in [2.45, 2.75) is 93.3 Å². The molecular weight excluding hydrogens is 617 g/mol. The number of nitro groups is 1. The van der Waals surface area contributed by atoms with Gasteiger partial charge in [-0.1, -0.05) is 18.9 Å². The Bertz CT molecular complexity index is 1520. The van der Waals surface area contributed by atoms with E-state index in [2.05, 4.69) is 15.2 Å². The van der Waals surface area contributed by atoms with E-state index in [0.717, 1.165) is 55.8 Å². The Labute approximate surface area is 263 Å². The van der Waals surface area contributed by atoms with E-state index >= 15 is 0 Å². The van der Waals surface area contributed by atoms with Gasteiger partial charge in [0.2, 0.25) is 16.0 Å². The molecule has 236 valence electrons. The molecule has 13 nitrogen and oxygen atoms in total. The monoisotopic (exact) mass is 655 g/mol. The van der Waals surface area contributed by atoms with Gasteiger partial charge in [-0.25, -0.2) is 13.4 Å². The number of nitro benzene ring substituents is 1. The van der Waals surface area contributed by atoms with Crippen molar-refractivity contribution in [2.75, 3.05) is 23.7 Å². The number of sulfonamides is 1. The van der Waals surface area contributed by atoms with Crippen LogP contribution < -0.4 is 16.4 Å². The standard InChI is InChI=1S/C27H37N9O4S.2ClH/c28-18-8-10-19(11-9-18)31-27-32-25(24-26(33-27)35(17-29-24)21-4-1-2-5-21)30-20-12-14-34(15-13-20)41(39,40)23-7-3-6-22(16-23)36(37)38;;/h3,6-7,16-21H,1-2,4-5,8-15,28H2,(H2,30,31,32,33);2*1H. The van der Waals surface area contributed by atoms with Gasteiger partial charge in [0.05, 0.1) is 16.1 Å². The predicted molar refractivity (Wildman–Crippen MR) is 170 cm³/mol. The summed E-state index contributed by atoms with van der Waals surface area (Å²) in [5, 5.41) is 18.2. The maximum Gasteiger partial charge on any atom is 0.270 e. The van der Waals surface area contributed by atoms with Crippen molar-refractivity contribution in [3.8, 4) is 0 Å². The number of non-ortho nitro benzene ring substituents is 1. The molecule has 2 aromatic heterocycles. The molecule has 6 rings (SSSR count). The van der Waals surface area contributed by atoms with Crippen molar-refractivity contribution >= 4 is 63.5 Å². The minimum Gasteiger partial charge on any atom is -0.365 e. The summed E-state index contributed by atoms with van der Waals surface area (Å²) in [4.78, 5) is 25.0.